The Kier molecular flexibility index (Phi) is 7.51. The normalized spacial score (nSPS) is 10.6. The molecule has 1 aromatic rings. The van der Waals surface area contributed by atoms with E-state index in [-0.39, 0.29) is 0 Å². The van der Waals surface area contributed by atoms with Crippen LogP contribution in [0.5, 0.6) is 5.75 Å². The van der Waals surface area contributed by atoms with E-state index in [1.54, 1.807) is 0 Å². The monoisotopic (exact) mass is 250 g/mol. The van der Waals surface area contributed by atoms with Gasteiger partial charge in [0, 0.05) is 6.61 Å². The second kappa shape index (κ2) is 8.98. The van der Waals surface area contributed by atoms with Gasteiger partial charge >= 0.3 is 0 Å². The Hall–Kier alpha value is -1.02. The molecule has 0 saturated heterocycles. The zero-order valence-corrected chi connectivity index (χ0v) is 11.7. The first-order valence-corrected chi connectivity index (χ1v) is 7.05. The van der Waals surface area contributed by atoms with Crippen LogP contribution in [0, 0.1) is 13.8 Å². The zero-order valence-electron chi connectivity index (χ0n) is 11.7. The summed E-state index contributed by atoms with van der Waals surface area (Å²) in [6.45, 7) is 5.37. The fourth-order valence-electron chi connectivity index (χ4n) is 1.91. The molecule has 0 amide bonds. The van der Waals surface area contributed by atoms with Gasteiger partial charge in [-0.2, -0.15) is 0 Å². The van der Waals surface area contributed by atoms with E-state index in [1.807, 2.05) is 6.07 Å². The summed E-state index contributed by atoms with van der Waals surface area (Å²) < 4.78 is 5.73. The minimum absolute atomic E-state index is 0.329. The Balaban J connectivity index is 2.05. The van der Waals surface area contributed by atoms with Crippen LogP contribution in [0.3, 0.4) is 0 Å². The van der Waals surface area contributed by atoms with Gasteiger partial charge in [-0.15, -0.1) is 0 Å². The van der Waals surface area contributed by atoms with Crippen LogP contribution in [0.2, 0.25) is 0 Å². The number of ether oxygens (including phenoxy) is 1. The van der Waals surface area contributed by atoms with Gasteiger partial charge < -0.3 is 9.84 Å². The molecule has 0 aliphatic carbocycles. The number of aryl methyl sites for hydroxylation is 2. The number of unbranched alkanes of at least 4 members (excludes halogenated alkanes) is 5. The van der Waals surface area contributed by atoms with E-state index in [4.69, 9.17) is 9.84 Å². The SMILES string of the molecule is Cc1ccc(OCCCCCCCCO)cc1C. The number of aliphatic hydroxyl groups excluding tert-OH is 1. The van der Waals surface area contributed by atoms with Gasteiger partial charge in [-0.25, -0.2) is 0 Å². The third kappa shape index (κ3) is 6.06. The summed E-state index contributed by atoms with van der Waals surface area (Å²) in [6.07, 6.45) is 6.90. The Bertz CT molecular complexity index is 334. The van der Waals surface area contributed by atoms with E-state index in [9.17, 15) is 0 Å². The predicted molar refractivity (Wildman–Crippen MR) is 76.2 cm³/mol. The first-order chi connectivity index (χ1) is 8.74. The summed E-state index contributed by atoms with van der Waals surface area (Å²) in [6, 6.07) is 6.26. The summed E-state index contributed by atoms with van der Waals surface area (Å²) in [5.41, 5.74) is 2.60. The van der Waals surface area contributed by atoms with Crippen LogP contribution in [0.25, 0.3) is 0 Å². The first kappa shape index (κ1) is 15.0. The summed E-state index contributed by atoms with van der Waals surface area (Å²) in [5, 5.41) is 8.65. The average Bonchev–Trinajstić information content (AvgIpc) is 2.37. The smallest absolute Gasteiger partial charge is 0.119 e. The molecule has 0 aliphatic rings. The molecular formula is C16H26O2. The van der Waals surface area contributed by atoms with Gasteiger partial charge in [0.2, 0.25) is 0 Å². The van der Waals surface area contributed by atoms with Gasteiger partial charge in [-0.05, 0) is 49.9 Å². The van der Waals surface area contributed by atoms with Gasteiger partial charge in [0.15, 0.2) is 0 Å². The fraction of sp³-hybridized carbons (Fsp3) is 0.625. The number of benzene rings is 1. The molecule has 0 saturated carbocycles. The second-order valence-corrected chi connectivity index (χ2v) is 4.94. The van der Waals surface area contributed by atoms with E-state index in [2.05, 4.69) is 26.0 Å². The van der Waals surface area contributed by atoms with Crippen LogP contribution >= 0.6 is 0 Å². The quantitative estimate of drug-likeness (QED) is 0.671. The molecule has 0 unspecified atom stereocenters. The molecule has 2 heteroatoms. The minimum atomic E-state index is 0.329. The fourth-order valence-corrected chi connectivity index (χ4v) is 1.91. The van der Waals surface area contributed by atoms with Crippen LogP contribution in [-0.2, 0) is 0 Å². The average molecular weight is 250 g/mol. The molecule has 0 atom stereocenters. The van der Waals surface area contributed by atoms with Crippen molar-refractivity contribution < 1.29 is 9.84 Å². The Morgan fingerprint density at radius 2 is 1.56 bits per heavy atom. The maximum absolute atomic E-state index is 8.65. The lowest BCUT2D eigenvalue weighted by atomic mass is 10.1. The van der Waals surface area contributed by atoms with Gasteiger partial charge in [-0.3, -0.25) is 0 Å². The van der Waals surface area contributed by atoms with Crippen LogP contribution < -0.4 is 4.74 Å². The highest BCUT2D eigenvalue weighted by Crippen LogP contribution is 2.16. The standard InChI is InChI=1S/C16H26O2/c1-14-9-10-16(13-15(14)2)18-12-8-6-4-3-5-7-11-17/h9-10,13,17H,3-8,11-12H2,1-2H3. The van der Waals surface area contributed by atoms with Crippen molar-refractivity contribution in [3.63, 3.8) is 0 Å². The number of rotatable bonds is 9. The van der Waals surface area contributed by atoms with Crippen molar-refractivity contribution in [2.75, 3.05) is 13.2 Å². The second-order valence-electron chi connectivity index (χ2n) is 4.94. The highest BCUT2D eigenvalue weighted by atomic mass is 16.5. The lowest BCUT2D eigenvalue weighted by Crippen LogP contribution is -1.98. The molecule has 0 radical (unpaired) electrons. The van der Waals surface area contributed by atoms with Crippen LogP contribution in [0.4, 0.5) is 0 Å². The Morgan fingerprint density at radius 3 is 2.22 bits per heavy atom. The van der Waals surface area contributed by atoms with Crippen LogP contribution in [-0.4, -0.2) is 18.3 Å². The van der Waals surface area contributed by atoms with Crippen molar-refractivity contribution in [2.45, 2.75) is 52.4 Å². The van der Waals surface area contributed by atoms with Gasteiger partial charge in [0.05, 0.1) is 6.61 Å². The molecule has 1 N–H and O–H groups in total. The molecule has 0 fully saturated rings. The highest BCUT2D eigenvalue weighted by Gasteiger charge is 1.97. The van der Waals surface area contributed by atoms with E-state index in [0.717, 1.165) is 31.6 Å². The highest BCUT2D eigenvalue weighted by molar-refractivity contribution is 5.33. The van der Waals surface area contributed by atoms with Crippen molar-refractivity contribution in [2.24, 2.45) is 0 Å². The lowest BCUT2D eigenvalue weighted by molar-refractivity contribution is 0.280. The Morgan fingerprint density at radius 1 is 0.889 bits per heavy atom. The minimum Gasteiger partial charge on any atom is -0.494 e. The first-order valence-electron chi connectivity index (χ1n) is 7.05. The summed E-state index contributed by atoms with van der Waals surface area (Å²) in [5.74, 6) is 0.985. The molecule has 0 heterocycles. The molecule has 102 valence electrons. The van der Waals surface area contributed by atoms with Gasteiger partial charge in [0.1, 0.15) is 5.75 Å². The Labute approximate surface area is 111 Å². The van der Waals surface area contributed by atoms with Crippen LogP contribution in [0.15, 0.2) is 18.2 Å². The van der Waals surface area contributed by atoms with Crippen molar-refractivity contribution >= 4 is 0 Å². The third-order valence-corrected chi connectivity index (χ3v) is 3.30. The summed E-state index contributed by atoms with van der Waals surface area (Å²) >= 11 is 0. The van der Waals surface area contributed by atoms with E-state index in [1.165, 1.54) is 30.4 Å². The van der Waals surface area contributed by atoms with Crippen molar-refractivity contribution in [1.82, 2.24) is 0 Å². The summed E-state index contributed by atoms with van der Waals surface area (Å²) in [4.78, 5) is 0. The number of hydrogen-bond acceptors (Lipinski definition) is 2. The van der Waals surface area contributed by atoms with Crippen molar-refractivity contribution in [3.8, 4) is 5.75 Å². The van der Waals surface area contributed by atoms with Crippen molar-refractivity contribution in [3.05, 3.63) is 29.3 Å². The molecule has 0 aliphatic heterocycles. The molecule has 1 aromatic carbocycles. The molecule has 2 nitrogen and oxygen atoms in total. The topological polar surface area (TPSA) is 29.5 Å². The molecule has 0 bridgehead atoms. The number of aliphatic hydroxyl groups is 1. The summed E-state index contributed by atoms with van der Waals surface area (Å²) in [7, 11) is 0. The van der Waals surface area contributed by atoms with E-state index in [0.29, 0.717) is 6.61 Å². The van der Waals surface area contributed by atoms with Gasteiger partial charge in [-0.1, -0.05) is 31.7 Å². The van der Waals surface area contributed by atoms with Crippen LogP contribution in [0.1, 0.15) is 49.7 Å². The predicted octanol–water partition coefficient (Wildman–Crippen LogP) is 4.02. The van der Waals surface area contributed by atoms with Crippen molar-refractivity contribution in [1.29, 1.82) is 0 Å². The maximum atomic E-state index is 8.65. The maximum Gasteiger partial charge on any atom is 0.119 e. The lowest BCUT2D eigenvalue weighted by Gasteiger charge is -2.08. The van der Waals surface area contributed by atoms with E-state index >= 15 is 0 Å². The van der Waals surface area contributed by atoms with E-state index < -0.39 is 0 Å². The largest absolute Gasteiger partial charge is 0.494 e. The molecule has 1 rings (SSSR count). The molecule has 0 spiro atoms. The molecule has 18 heavy (non-hydrogen) atoms. The molecular weight excluding hydrogens is 224 g/mol. The zero-order chi connectivity index (χ0) is 13.2. The van der Waals surface area contributed by atoms with Gasteiger partial charge in [0.25, 0.3) is 0 Å². The number of hydrogen-bond donors (Lipinski definition) is 1. The molecule has 0 aromatic heterocycles. The third-order valence-electron chi connectivity index (χ3n) is 3.30.